The summed E-state index contributed by atoms with van der Waals surface area (Å²) in [4.78, 5) is 16.2. The largest absolute Gasteiger partial charge is 0.543 e. The van der Waals surface area contributed by atoms with E-state index in [4.69, 9.17) is 4.43 Å². The van der Waals surface area contributed by atoms with Gasteiger partial charge in [-0.1, -0.05) is 88.6 Å². The Kier molecular flexibility index (Phi) is 12.3. The summed E-state index contributed by atoms with van der Waals surface area (Å²) >= 11 is 0. The van der Waals surface area contributed by atoms with Crippen molar-refractivity contribution in [3.63, 3.8) is 0 Å². The van der Waals surface area contributed by atoms with Gasteiger partial charge in [0.05, 0.1) is 22.6 Å². The summed E-state index contributed by atoms with van der Waals surface area (Å²) < 4.78 is 7.15. The summed E-state index contributed by atoms with van der Waals surface area (Å²) in [5.41, 5.74) is 11.1. The van der Waals surface area contributed by atoms with Gasteiger partial charge >= 0.3 is 0 Å². The summed E-state index contributed by atoms with van der Waals surface area (Å²) in [6, 6.07) is 10.3. The van der Waals surface area contributed by atoms with Gasteiger partial charge in [-0.3, -0.25) is 4.79 Å². The standard InChI is InChI=1S/C39H58N2O2Si/c1-26(2)16-13-17-30(9)18-14-19-31(10)22-23-41-36-25-34(43-44(27(3)4,28(5)6)29(7)8)24-33(12)38(36)40-37-32(11)20-15-21-35(37)39(41)42/h15-16,18,20-22,24-25,27-29,40H,13-14,17,19,23H2,1-12H3/b30-18+,31-22+. The smallest absolute Gasteiger partial charge is 0.260 e. The second-order valence-corrected chi connectivity index (χ2v) is 19.4. The fourth-order valence-corrected chi connectivity index (χ4v) is 12.1. The monoisotopic (exact) mass is 614 g/mol. The van der Waals surface area contributed by atoms with Crippen LogP contribution in [0, 0.1) is 13.8 Å². The van der Waals surface area contributed by atoms with Crippen LogP contribution < -0.4 is 14.6 Å². The number of hydrogen-bond donors (Lipinski definition) is 1. The van der Waals surface area contributed by atoms with Gasteiger partial charge in [-0.2, -0.15) is 0 Å². The molecule has 0 fully saturated rings. The van der Waals surface area contributed by atoms with Gasteiger partial charge in [0.15, 0.2) is 0 Å². The van der Waals surface area contributed by atoms with Crippen LogP contribution in [0.1, 0.15) is 116 Å². The van der Waals surface area contributed by atoms with Crippen LogP contribution in [-0.4, -0.2) is 20.8 Å². The Morgan fingerprint density at radius 3 is 2.00 bits per heavy atom. The zero-order valence-electron chi connectivity index (χ0n) is 29.7. The maximum absolute atomic E-state index is 14.3. The van der Waals surface area contributed by atoms with Crippen LogP contribution in [0.4, 0.5) is 17.1 Å². The van der Waals surface area contributed by atoms with E-state index in [-0.39, 0.29) is 5.91 Å². The predicted molar refractivity (Wildman–Crippen MR) is 194 cm³/mol. The van der Waals surface area contributed by atoms with Crippen molar-refractivity contribution < 1.29 is 9.22 Å². The number of aryl methyl sites for hydroxylation is 2. The molecule has 4 nitrogen and oxygen atoms in total. The molecule has 0 atom stereocenters. The molecule has 1 aliphatic rings. The minimum absolute atomic E-state index is 0.0191. The molecule has 44 heavy (non-hydrogen) atoms. The van der Waals surface area contributed by atoms with Gasteiger partial charge in [-0.15, -0.1) is 0 Å². The fourth-order valence-electron chi connectivity index (χ4n) is 6.89. The molecule has 2 aromatic rings. The molecule has 0 radical (unpaired) electrons. The minimum Gasteiger partial charge on any atom is -0.543 e. The summed E-state index contributed by atoms with van der Waals surface area (Å²) in [5.74, 6) is 0.895. The lowest BCUT2D eigenvalue weighted by molar-refractivity contribution is 0.0991. The highest BCUT2D eigenvalue weighted by Gasteiger charge is 2.47. The van der Waals surface area contributed by atoms with Crippen LogP contribution in [0.2, 0.25) is 16.6 Å². The Bertz CT molecular complexity index is 1390. The van der Waals surface area contributed by atoms with Crippen LogP contribution in [-0.2, 0) is 0 Å². The normalized spacial score (nSPS) is 14.1. The number of rotatable bonds is 13. The summed E-state index contributed by atoms with van der Waals surface area (Å²) in [6.45, 7) is 27.3. The lowest BCUT2D eigenvalue weighted by atomic mass is 10.1. The number of anilines is 3. The average Bonchev–Trinajstić information content (AvgIpc) is 3.05. The molecule has 1 aliphatic heterocycles. The molecule has 240 valence electrons. The number of carbonyl (C=O) groups is 1. The number of para-hydroxylation sites is 1. The first-order chi connectivity index (χ1) is 20.7. The van der Waals surface area contributed by atoms with Crippen LogP contribution in [0.3, 0.4) is 0 Å². The highest BCUT2D eigenvalue weighted by molar-refractivity contribution is 6.78. The molecule has 0 saturated carbocycles. The molecule has 0 unspecified atom stereocenters. The van der Waals surface area contributed by atoms with Crippen LogP contribution in [0.5, 0.6) is 5.75 Å². The third-order valence-corrected chi connectivity index (χ3v) is 15.3. The molecule has 1 heterocycles. The number of allylic oxidation sites excluding steroid dienone is 5. The summed E-state index contributed by atoms with van der Waals surface area (Å²) in [5, 5.41) is 3.68. The molecular weight excluding hydrogens is 557 g/mol. The van der Waals surface area contributed by atoms with Gasteiger partial charge in [0, 0.05) is 12.6 Å². The van der Waals surface area contributed by atoms with E-state index in [1.165, 1.54) is 16.7 Å². The van der Waals surface area contributed by atoms with Crippen LogP contribution in [0.15, 0.2) is 65.3 Å². The van der Waals surface area contributed by atoms with Crippen molar-refractivity contribution in [1.82, 2.24) is 0 Å². The molecule has 2 aromatic carbocycles. The third kappa shape index (κ3) is 8.15. The highest BCUT2D eigenvalue weighted by Crippen LogP contribution is 2.46. The molecular formula is C39H58N2O2Si. The molecule has 0 aromatic heterocycles. The van der Waals surface area contributed by atoms with Crippen molar-refractivity contribution in [2.75, 3.05) is 16.8 Å². The molecule has 1 N–H and O–H groups in total. The third-order valence-electron chi connectivity index (χ3n) is 9.32. The van der Waals surface area contributed by atoms with Crippen molar-refractivity contribution in [1.29, 1.82) is 0 Å². The molecule has 0 saturated heterocycles. The van der Waals surface area contributed by atoms with E-state index in [0.29, 0.717) is 28.7 Å². The Balaban J connectivity index is 1.99. The number of benzene rings is 2. The highest BCUT2D eigenvalue weighted by atomic mass is 28.4. The fraction of sp³-hybridized carbons (Fsp3) is 0.513. The maximum atomic E-state index is 14.3. The molecule has 1 amide bonds. The number of hydrogen-bond acceptors (Lipinski definition) is 3. The maximum Gasteiger partial charge on any atom is 0.260 e. The van der Waals surface area contributed by atoms with Gasteiger partial charge in [-0.25, -0.2) is 0 Å². The average molecular weight is 615 g/mol. The number of nitrogens with one attached hydrogen (secondary N) is 1. The lowest BCUT2D eigenvalue weighted by Crippen LogP contribution is -2.50. The van der Waals surface area contributed by atoms with E-state index in [0.717, 1.165) is 59.6 Å². The summed E-state index contributed by atoms with van der Waals surface area (Å²) in [7, 11) is -2.18. The zero-order chi connectivity index (χ0) is 32.8. The lowest BCUT2D eigenvalue weighted by Gasteiger charge is -2.42. The van der Waals surface area contributed by atoms with Gasteiger partial charge in [0.2, 0.25) is 0 Å². The molecule has 0 aliphatic carbocycles. The second kappa shape index (κ2) is 15.3. The van der Waals surface area contributed by atoms with E-state index in [1.54, 1.807) is 0 Å². The molecule has 3 rings (SSSR count). The summed E-state index contributed by atoms with van der Waals surface area (Å²) in [6.07, 6.45) is 11.1. The van der Waals surface area contributed by atoms with E-state index >= 15 is 0 Å². The van der Waals surface area contributed by atoms with Gasteiger partial charge < -0.3 is 14.6 Å². The SMILES string of the molecule is CC(C)=CCC/C(C)=C/CC/C(C)=C/CN1C(=O)c2cccc(C)c2Nc2c(C)cc(O[Si](C(C)C)(C(C)C)C(C)C)cc21. The Hall–Kier alpha value is -3.05. The number of fused-ring (bicyclic) bond motifs is 2. The minimum atomic E-state index is -2.18. The van der Waals surface area contributed by atoms with E-state index < -0.39 is 8.32 Å². The number of carbonyl (C=O) groups excluding carboxylic acids is 1. The first kappa shape index (κ1) is 35.4. The number of amides is 1. The van der Waals surface area contributed by atoms with E-state index in [2.05, 4.69) is 125 Å². The molecule has 0 spiro atoms. The quantitative estimate of drug-likeness (QED) is 0.180. The van der Waals surface area contributed by atoms with Gasteiger partial charge in [-0.05, 0) is 107 Å². The van der Waals surface area contributed by atoms with Crippen molar-refractivity contribution in [2.24, 2.45) is 0 Å². The zero-order valence-corrected chi connectivity index (χ0v) is 30.7. The Morgan fingerprint density at radius 2 is 1.41 bits per heavy atom. The van der Waals surface area contributed by atoms with Crippen molar-refractivity contribution >= 4 is 31.3 Å². The first-order valence-corrected chi connectivity index (χ1v) is 18.8. The van der Waals surface area contributed by atoms with E-state index in [1.807, 2.05) is 17.0 Å². The van der Waals surface area contributed by atoms with Gasteiger partial charge in [0.25, 0.3) is 14.2 Å². The second-order valence-electron chi connectivity index (χ2n) is 14.1. The first-order valence-electron chi connectivity index (χ1n) is 16.7. The van der Waals surface area contributed by atoms with Crippen LogP contribution >= 0.6 is 0 Å². The van der Waals surface area contributed by atoms with Crippen molar-refractivity contribution in [2.45, 2.75) is 125 Å². The molecule has 5 heteroatoms. The van der Waals surface area contributed by atoms with Crippen molar-refractivity contribution in [3.05, 3.63) is 82.0 Å². The van der Waals surface area contributed by atoms with Gasteiger partial charge in [0.1, 0.15) is 5.75 Å². The topological polar surface area (TPSA) is 41.6 Å². The molecule has 0 bridgehead atoms. The Labute approximate surface area is 269 Å². The predicted octanol–water partition coefficient (Wildman–Crippen LogP) is 12.0. The van der Waals surface area contributed by atoms with Crippen molar-refractivity contribution in [3.8, 4) is 5.75 Å². The Morgan fingerprint density at radius 1 is 0.818 bits per heavy atom. The number of nitrogens with zero attached hydrogens (tertiary/aromatic N) is 1. The van der Waals surface area contributed by atoms with E-state index in [9.17, 15) is 4.79 Å². The van der Waals surface area contributed by atoms with Crippen LogP contribution in [0.25, 0.3) is 0 Å².